The second-order valence-electron chi connectivity index (χ2n) is 6.19. The van der Waals surface area contributed by atoms with Crippen molar-refractivity contribution in [2.75, 3.05) is 5.32 Å². The highest BCUT2D eigenvalue weighted by molar-refractivity contribution is 9.10. The van der Waals surface area contributed by atoms with Gasteiger partial charge in [-0.05, 0) is 41.7 Å². The fourth-order valence-electron chi connectivity index (χ4n) is 3.90. The summed E-state index contributed by atoms with van der Waals surface area (Å²) in [6.07, 6.45) is 5.17. The number of rotatable bonds is 2. The number of fused-ring (bicyclic) bond motifs is 3. The molecule has 0 saturated heterocycles. The van der Waals surface area contributed by atoms with Crippen LogP contribution in [0.2, 0.25) is 5.02 Å². The number of benzene rings is 2. The monoisotopic (exact) mass is 403 g/mol. The largest absolute Gasteiger partial charge is 0.478 e. The third-order valence-corrected chi connectivity index (χ3v) is 5.98. The number of carbonyl (C=O) groups is 1. The van der Waals surface area contributed by atoms with Gasteiger partial charge in [0.25, 0.3) is 0 Å². The summed E-state index contributed by atoms with van der Waals surface area (Å²) in [6.45, 7) is 0. The van der Waals surface area contributed by atoms with Crippen LogP contribution in [-0.4, -0.2) is 11.1 Å². The van der Waals surface area contributed by atoms with Crippen molar-refractivity contribution in [2.45, 2.75) is 18.4 Å². The maximum absolute atomic E-state index is 11.7. The quantitative estimate of drug-likeness (QED) is 0.638. The molecule has 2 aliphatic rings. The molecule has 1 aliphatic carbocycles. The third-order valence-electron chi connectivity index (χ3n) is 4.94. The fourth-order valence-corrected chi connectivity index (χ4v) is 4.65. The maximum Gasteiger partial charge on any atom is 0.336 e. The number of hydrogen-bond acceptors (Lipinski definition) is 2. The summed E-state index contributed by atoms with van der Waals surface area (Å²) in [4.78, 5) is 11.7. The zero-order valence-corrected chi connectivity index (χ0v) is 15.0. The number of allylic oxidation sites excluding steroid dienone is 2. The Morgan fingerprint density at radius 3 is 2.79 bits per heavy atom. The highest BCUT2D eigenvalue weighted by Crippen LogP contribution is 2.53. The van der Waals surface area contributed by atoms with Crippen molar-refractivity contribution < 1.29 is 9.90 Å². The Morgan fingerprint density at radius 1 is 1.25 bits per heavy atom. The van der Waals surface area contributed by atoms with Crippen molar-refractivity contribution in [3.8, 4) is 0 Å². The summed E-state index contributed by atoms with van der Waals surface area (Å²) in [6, 6.07) is 11.5. The molecule has 3 nitrogen and oxygen atoms in total. The molecule has 2 aromatic carbocycles. The smallest absolute Gasteiger partial charge is 0.336 e. The first kappa shape index (κ1) is 15.7. The highest BCUT2D eigenvalue weighted by atomic mass is 79.9. The predicted octanol–water partition coefficient (Wildman–Crippen LogP) is 5.63. The molecular formula is C19H15BrClNO2. The Kier molecular flexibility index (Phi) is 3.89. The first-order chi connectivity index (χ1) is 11.6. The summed E-state index contributed by atoms with van der Waals surface area (Å²) in [5, 5.41) is 13.7. The number of nitrogens with one attached hydrogen (secondary N) is 1. The van der Waals surface area contributed by atoms with Gasteiger partial charge in [-0.25, -0.2) is 4.79 Å². The van der Waals surface area contributed by atoms with Gasteiger partial charge in [-0.15, -0.1) is 0 Å². The predicted molar refractivity (Wildman–Crippen MR) is 98.9 cm³/mol. The molecule has 0 spiro atoms. The van der Waals surface area contributed by atoms with E-state index in [1.165, 1.54) is 5.56 Å². The van der Waals surface area contributed by atoms with Gasteiger partial charge in [0.1, 0.15) is 0 Å². The lowest BCUT2D eigenvalue weighted by molar-refractivity contribution is 0.0695. The molecule has 1 aliphatic heterocycles. The van der Waals surface area contributed by atoms with Crippen LogP contribution in [0, 0.1) is 5.92 Å². The lowest BCUT2D eigenvalue weighted by atomic mass is 9.75. The molecule has 0 saturated carbocycles. The summed E-state index contributed by atoms with van der Waals surface area (Å²) in [5.74, 6) is -0.584. The van der Waals surface area contributed by atoms with Gasteiger partial charge in [0.15, 0.2) is 0 Å². The number of carboxylic acid groups (broad SMARTS) is 1. The van der Waals surface area contributed by atoms with E-state index in [-0.39, 0.29) is 17.9 Å². The van der Waals surface area contributed by atoms with Crippen molar-refractivity contribution in [3.05, 3.63) is 74.7 Å². The van der Waals surface area contributed by atoms with E-state index in [2.05, 4.69) is 39.5 Å². The van der Waals surface area contributed by atoms with Crippen LogP contribution < -0.4 is 5.32 Å². The minimum Gasteiger partial charge on any atom is -0.478 e. The Morgan fingerprint density at radius 2 is 2.04 bits per heavy atom. The second kappa shape index (κ2) is 5.94. The molecule has 122 valence electrons. The zero-order chi connectivity index (χ0) is 16.8. The number of halogens is 2. The van der Waals surface area contributed by atoms with E-state index in [4.69, 9.17) is 11.6 Å². The van der Waals surface area contributed by atoms with Gasteiger partial charge in [-0.2, -0.15) is 0 Å². The Hall–Kier alpha value is -1.78. The molecule has 4 rings (SSSR count). The number of carboxylic acids is 1. The summed E-state index contributed by atoms with van der Waals surface area (Å²) in [5.41, 5.74) is 3.04. The molecular weight excluding hydrogens is 390 g/mol. The minimum absolute atomic E-state index is 0.0585. The zero-order valence-electron chi connectivity index (χ0n) is 12.7. The van der Waals surface area contributed by atoms with Crippen molar-refractivity contribution in [1.29, 1.82) is 0 Å². The molecule has 0 aromatic heterocycles. The molecule has 0 bridgehead atoms. The molecule has 0 amide bonds. The molecule has 5 heteroatoms. The van der Waals surface area contributed by atoms with E-state index in [1.54, 1.807) is 12.1 Å². The third kappa shape index (κ3) is 2.36. The first-order valence-corrected chi connectivity index (χ1v) is 8.98. The van der Waals surface area contributed by atoms with Crippen molar-refractivity contribution >= 4 is 39.2 Å². The Labute approximate surface area is 153 Å². The van der Waals surface area contributed by atoms with Crippen LogP contribution in [0.25, 0.3) is 0 Å². The lowest BCUT2D eigenvalue weighted by Gasteiger charge is -2.39. The number of anilines is 1. The van der Waals surface area contributed by atoms with Crippen LogP contribution in [0.15, 0.2) is 53.0 Å². The normalized spacial score (nSPS) is 24.2. The van der Waals surface area contributed by atoms with E-state index < -0.39 is 5.97 Å². The molecule has 0 fully saturated rings. The average Bonchev–Trinajstić information content (AvgIpc) is 3.05. The molecule has 1 heterocycles. The lowest BCUT2D eigenvalue weighted by Crippen LogP contribution is -2.30. The van der Waals surface area contributed by atoms with E-state index in [0.717, 1.165) is 22.1 Å². The first-order valence-electron chi connectivity index (χ1n) is 7.81. The van der Waals surface area contributed by atoms with Gasteiger partial charge < -0.3 is 10.4 Å². The minimum atomic E-state index is -0.914. The van der Waals surface area contributed by atoms with Crippen LogP contribution in [-0.2, 0) is 0 Å². The van der Waals surface area contributed by atoms with Gasteiger partial charge in [-0.1, -0.05) is 57.9 Å². The van der Waals surface area contributed by atoms with E-state index in [1.807, 2.05) is 18.2 Å². The second-order valence-corrected chi connectivity index (χ2v) is 7.45. The van der Waals surface area contributed by atoms with Crippen molar-refractivity contribution in [2.24, 2.45) is 5.92 Å². The van der Waals surface area contributed by atoms with Gasteiger partial charge in [0, 0.05) is 10.4 Å². The van der Waals surface area contributed by atoms with Gasteiger partial charge in [0.05, 0.1) is 22.3 Å². The van der Waals surface area contributed by atoms with E-state index in [9.17, 15) is 9.90 Å². The van der Waals surface area contributed by atoms with Gasteiger partial charge in [-0.3, -0.25) is 0 Å². The molecule has 24 heavy (non-hydrogen) atoms. The highest BCUT2D eigenvalue weighted by Gasteiger charge is 2.41. The van der Waals surface area contributed by atoms with Crippen molar-refractivity contribution in [3.63, 3.8) is 0 Å². The van der Waals surface area contributed by atoms with E-state index >= 15 is 0 Å². The number of hydrogen-bond donors (Lipinski definition) is 2. The molecule has 0 unspecified atom stereocenters. The standard InChI is InChI=1S/C19H15BrClNO2/c20-14-7-2-1-4-12(14)17-11-6-3-5-10(11)16-13(19(23)24)8-9-15(21)18(16)22-17/h1-5,7-11,17,22H,6H2,(H,23,24)/t10-,11+,17-/m1/s1. The molecule has 2 N–H and O–H groups in total. The molecule has 2 aromatic rings. The van der Waals surface area contributed by atoms with Crippen LogP contribution in [0.1, 0.15) is 39.9 Å². The SMILES string of the molecule is O=C(O)c1ccc(Cl)c2c1[C@@H]1C=CC[C@@H]1[C@H](c1ccccc1Br)N2. The number of aromatic carboxylic acids is 1. The van der Waals surface area contributed by atoms with Crippen LogP contribution >= 0.6 is 27.5 Å². The van der Waals surface area contributed by atoms with Gasteiger partial charge >= 0.3 is 5.97 Å². The summed E-state index contributed by atoms with van der Waals surface area (Å²) >= 11 is 10.0. The van der Waals surface area contributed by atoms with E-state index in [0.29, 0.717) is 10.6 Å². The maximum atomic E-state index is 11.7. The average molecular weight is 405 g/mol. The van der Waals surface area contributed by atoms with Gasteiger partial charge in [0.2, 0.25) is 0 Å². The Balaban J connectivity index is 1.90. The molecule has 0 radical (unpaired) electrons. The van der Waals surface area contributed by atoms with Crippen LogP contribution in [0.3, 0.4) is 0 Å². The topological polar surface area (TPSA) is 49.3 Å². The molecule has 3 atom stereocenters. The summed E-state index contributed by atoms with van der Waals surface area (Å²) in [7, 11) is 0. The Bertz CT molecular complexity index is 864. The van der Waals surface area contributed by atoms with Crippen LogP contribution in [0.5, 0.6) is 0 Å². The van der Waals surface area contributed by atoms with Crippen LogP contribution in [0.4, 0.5) is 5.69 Å². The van der Waals surface area contributed by atoms with Crippen molar-refractivity contribution in [1.82, 2.24) is 0 Å². The fraction of sp³-hybridized carbons (Fsp3) is 0.211. The summed E-state index contributed by atoms with van der Waals surface area (Å²) < 4.78 is 1.04.